The first-order valence-corrected chi connectivity index (χ1v) is 12.2. The van der Waals surface area contributed by atoms with Crippen LogP contribution in [0.15, 0.2) is 36.8 Å². The Bertz CT molecular complexity index is 1130. The van der Waals surface area contributed by atoms with E-state index in [9.17, 15) is 9.47 Å². The number of hydrogen-bond acceptors (Lipinski definition) is 6. The van der Waals surface area contributed by atoms with Gasteiger partial charge in [-0.1, -0.05) is 17.0 Å². The molecule has 3 aromatic heterocycles. The highest BCUT2D eigenvalue weighted by Gasteiger charge is 2.27. The van der Waals surface area contributed by atoms with Crippen molar-refractivity contribution in [3.05, 3.63) is 42.4 Å². The van der Waals surface area contributed by atoms with Crippen molar-refractivity contribution in [2.75, 3.05) is 30.5 Å². The summed E-state index contributed by atoms with van der Waals surface area (Å²) in [6.45, 7) is 3.84. The van der Waals surface area contributed by atoms with Crippen molar-refractivity contribution in [2.45, 2.75) is 19.4 Å². The summed E-state index contributed by atoms with van der Waals surface area (Å²) in [4.78, 5) is 15.8. The van der Waals surface area contributed by atoms with Gasteiger partial charge in [0.1, 0.15) is 23.2 Å². The Morgan fingerprint density at radius 3 is 2.83 bits per heavy atom. The van der Waals surface area contributed by atoms with Gasteiger partial charge in [0, 0.05) is 44.0 Å². The number of nitrogens with one attached hydrogen (secondary N) is 1. The number of rotatable bonds is 4. The Kier molecular flexibility index (Phi) is 5.06. The van der Waals surface area contributed by atoms with Crippen LogP contribution in [-0.4, -0.2) is 55.2 Å². The van der Waals surface area contributed by atoms with E-state index in [2.05, 4.69) is 32.6 Å². The van der Waals surface area contributed by atoms with Gasteiger partial charge in [-0.15, -0.1) is 0 Å². The predicted molar refractivity (Wildman–Crippen MR) is 115 cm³/mol. The number of nitrogens with zero attached hydrogens (tertiary/aromatic N) is 6. The van der Waals surface area contributed by atoms with Crippen LogP contribution < -0.4 is 9.62 Å². The van der Waals surface area contributed by atoms with E-state index in [1.165, 1.54) is 0 Å². The SMILES string of the molecule is C[C@@H]1C[C@H](N[SH](C)(C)=O)CN(c2ccnc(-c3cnc4ccc(C#N)cn34)n2)C1. The first-order chi connectivity index (χ1) is 13.8. The van der Waals surface area contributed by atoms with Crippen LogP contribution in [-0.2, 0) is 10.1 Å². The molecule has 9 heteroatoms. The van der Waals surface area contributed by atoms with Crippen molar-refractivity contribution in [2.24, 2.45) is 5.92 Å². The number of imidazole rings is 1. The summed E-state index contributed by atoms with van der Waals surface area (Å²) in [5, 5.41) is 9.19. The van der Waals surface area contributed by atoms with Gasteiger partial charge in [0.2, 0.25) is 0 Å². The Morgan fingerprint density at radius 2 is 2.07 bits per heavy atom. The van der Waals surface area contributed by atoms with Crippen LogP contribution in [0.5, 0.6) is 0 Å². The number of piperidine rings is 1. The van der Waals surface area contributed by atoms with E-state index >= 15 is 0 Å². The molecule has 0 saturated carbocycles. The minimum atomic E-state index is -2.31. The van der Waals surface area contributed by atoms with Crippen molar-refractivity contribution in [1.29, 1.82) is 5.26 Å². The fraction of sp³-hybridized carbons (Fsp3) is 0.400. The number of nitriles is 1. The quantitative estimate of drug-likeness (QED) is 0.634. The zero-order valence-electron chi connectivity index (χ0n) is 16.8. The van der Waals surface area contributed by atoms with Gasteiger partial charge in [0.05, 0.1) is 11.8 Å². The first-order valence-electron chi connectivity index (χ1n) is 9.61. The summed E-state index contributed by atoms with van der Waals surface area (Å²) in [7, 11) is -2.31. The number of aromatic nitrogens is 4. The lowest BCUT2D eigenvalue weighted by Crippen LogP contribution is -2.51. The highest BCUT2D eigenvalue weighted by molar-refractivity contribution is 7.99. The monoisotopic (exact) mass is 411 g/mol. The molecule has 0 bridgehead atoms. The fourth-order valence-electron chi connectivity index (χ4n) is 3.93. The summed E-state index contributed by atoms with van der Waals surface area (Å²) in [6.07, 6.45) is 9.74. The molecule has 3 aromatic rings. The van der Waals surface area contributed by atoms with Gasteiger partial charge in [-0.25, -0.2) is 15.0 Å². The van der Waals surface area contributed by atoms with Crippen LogP contribution in [0.25, 0.3) is 17.2 Å². The molecule has 0 spiro atoms. The normalized spacial score (nSPS) is 20.6. The number of pyridine rings is 1. The molecule has 8 nitrogen and oxygen atoms in total. The third-order valence-electron chi connectivity index (χ3n) is 4.98. The second-order valence-electron chi connectivity index (χ2n) is 8.06. The molecule has 0 unspecified atom stereocenters. The van der Waals surface area contributed by atoms with Gasteiger partial charge in [-0.05, 0) is 30.5 Å². The number of hydrogen-bond donors (Lipinski definition) is 2. The smallest absolute Gasteiger partial charge is 0.180 e. The van der Waals surface area contributed by atoms with Crippen LogP contribution in [0, 0.1) is 17.2 Å². The van der Waals surface area contributed by atoms with Gasteiger partial charge in [0.25, 0.3) is 0 Å². The van der Waals surface area contributed by atoms with Gasteiger partial charge in [-0.2, -0.15) is 5.26 Å². The summed E-state index contributed by atoms with van der Waals surface area (Å²) in [6, 6.07) is 7.76. The molecule has 0 aliphatic carbocycles. The average Bonchev–Trinajstić information content (AvgIpc) is 3.09. The fourth-order valence-corrected chi connectivity index (χ4v) is 5.00. The summed E-state index contributed by atoms with van der Waals surface area (Å²) >= 11 is 0. The maximum absolute atomic E-state index is 12.2. The first kappa shape index (κ1) is 19.5. The average molecular weight is 412 g/mol. The van der Waals surface area contributed by atoms with Crippen molar-refractivity contribution < 1.29 is 4.21 Å². The number of fused-ring (bicyclic) bond motifs is 1. The van der Waals surface area contributed by atoms with E-state index in [0.29, 0.717) is 17.3 Å². The van der Waals surface area contributed by atoms with Gasteiger partial charge >= 0.3 is 0 Å². The predicted octanol–water partition coefficient (Wildman–Crippen LogP) is 1.66. The topological polar surface area (TPSA) is 99.2 Å². The van der Waals surface area contributed by atoms with Crippen molar-refractivity contribution in [1.82, 2.24) is 24.1 Å². The van der Waals surface area contributed by atoms with E-state index in [1.807, 2.05) is 16.5 Å². The van der Waals surface area contributed by atoms with Gasteiger partial charge in [0.15, 0.2) is 5.82 Å². The second kappa shape index (κ2) is 7.54. The molecule has 2 atom stereocenters. The zero-order chi connectivity index (χ0) is 20.6. The molecule has 4 heterocycles. The highest BCUT2D eigenvalue weighted by atomic mass is 32.3. The maximum atomic E-state index is 12.2. The summed E-state index contributed by atoms with van der Waals surface area (Å²) in [5.41, 5.74) is 2.03. The highest BCUT2D eigenvalue weighted by Crippen LogP contribution is 2.25. The Hall–Kier alpha value is -2.83. The standard InChI is InChI=1S/C20H25N7OS/c1-14-8-16(25-29(2,3)28)13-26(11-14)19-6-7-22-20(24-19)17-10-23-18-5-4-15(9-21)12-27(17)18/h4-7,10,12,14,16,29H,8,11,13H2,1-3H3,(H,25,28)/t14-,16+/m1/s1. The summed E-state index contributed by atoms with van der Waals surface area (Å²) in [5.74, 6) is 1.85. The minimum Gasteiger partial charge on any atom is -0.355 e. The van der Waals surface area contributed by atoms with Crippen molar-refractivity contribution in [3.63, 3.8) is 0 Å². The van der Waals surface area contributed by atoms with Crippen LogP contribution in [0.1, 0.15) is 18.9 Å². The van der Waals surface area contributed by atoms with Gasteiger partial charge < -0.3 is 4.90 Å². The molecule has 0 radical (unpaired) electrons. The molecule has 0 amide bonds. The van der Waals surface area contributed by atoms with E-state index < -0.39 is 10.1 Å². The lowest BCUT2D eigenvalue weighted by Gasteiger charge is -2.39. The van der Waals surface area contributed by atoms with Crippen LogP contribution >= 0.6 is 0 Å². The maximum Gasteiger partial charge on any atom is 0.180 e. The Morgan fingerprint density at radius 1 is 1.24 bits per heavy atom. The van der Waals surface area contributed by atoms with Crippen LogP contribution in [0.3, 0.4) is 0 Å². The second-order valence-corrected chi connectivity index (χ2v) is 11.0. The Balaban J connectivity index is 1.66. The van der Waals surface area contributed by atoms with Crippen molar-refractivity contribution >= 4 is 21.6 Å². The Labute approximate surface area is 171 Å². The van der Waals surface area contributed by atoms with Crippen molar-refractivity contribution in [3.8, 4) is 17.6 Å². The van der Waals surface area contributed by atoms with E-state index in [1.54, 1.807) is 37.2 Å². The third-order valence-corrected chi connectivity index (χ3v) is 5.97. The van der Waals surface area contributed by atoms with Crippen LogP contribution in [0.2, 0.25) is 0 Å². The molecule has 1 saturated heterocycles. The summed E-state index contributed by atoms with van der Waals surface area (Å²) < 4.78 is 17.4. The lowest BCUT2D eigenvalue weighted by molar-refractivity contribution is 0.383. The molecule has 1 fully saturated rings. The molecule has 1 aliphatic rings. The molecular weight excluding hydrogens is 386 g/mol. The molecule has 29 heavy (non-hydrogen) atoms. The molecule has 1 N–H and O–H groups in total. The van der Waals surface area contributed by atoms with E-state index in [0.717, 1.165) is 36.7 Å². The molecule has 1 aliphatic heterocycles. The van der Waals surface area contributed by atoms with Gasteiger partial charge in [-0.3, -0.25) is 13.3 Å². The molecular formula is C20H25N7OS. The largest absolute Gasteiger partial charge is 0.355 e. The number of anilines is 1. The zero-order valence-corrected chi connectivity index (χ0v) is 17.7. The minimum absolute atomic E-state index is 0.159. The van der Waals surface area contributed by atoms with E-state index in [4.69, 9.17) is 4.98 Å². The molecule has 4 rings (SSSR count). The lowest BCUT2D eigenvalue weighted by atomic mass is 9.96. The molecule has 152 valence electrons. The van der Waals surface area contributed by atoms with Crippen LogP contribution in [0.4, 0.5) is 5.82 Å². The van der Waals surface area contributed by atoms with E-state index in [-0.39, 0.29) is 6.04 Å². The molecule has 0 aromatic carbocycles. The number of thiol groups is 1. The third kappa shape index (κ3) is 4.28.